The summed E-state index contributed by atoms with van der Waals surface area (Å²) in [7, 11) is 12.7. The second-order valence-electron chi connectivity index (χ2n) is 5.93. The van der Waals surface area contributed by atoms with E-state index in [1.807, 2.05) is 0 Å². The highest BCUT2D eigenvalue weighted by atomic mass is 14.5. The Morgan fingerprint density at radius 1 is 1.20 bits per heavy atom. The first-order chi connectivity index (χ1) is 7.05. The topological polar surface area (TPSA) is 0 Å². The van der Waals surface area contributed by atoms with Crippen molar-refractivity contribution in [2.75, 3.05) is 0 Å². The third-order valence-corrected chi connectivity index (χ3v) is 5.16. The van der Waals surface area contributed by atoms with E-state index >= 15 is 0 Å². The van der Waals surface area contributed by atoms with E-state index in [0.717, 1.165) is 18.3 Å². The maximum atomic E-state index is 6.36. The van der Waals surface area contributed by atoms with Crippen LogP contribution in [0.3, 0.4) is 0 Å². The third kappa shape index (κ3) is 2.01. The van der Waals surface area contributed by atoms with Gasteiger partial charge in [0.1, 0.15) is 0 Å². The maximum Gasteiger partial charge on any atom is 0.0627 e. The van der Waals surface area contributed by atoms with Gasteiger partial charge in [0, 0.05) is 0 Å². The van der Waals surface area contributed by atoms with Crippen LogP contribution in [0.5, 0.6) is 0 Å². The highest BCUT2D eigenvalue weighted by molar-refractivity contribution is 6.40. The van der Waals surface area contributed by atoms with Crippen molar-refractivity contribution in [1.29, 1.82) is 0 Å². The van der Waals surface area contributed by atoms with Crippen molar-refractivity contribution in [2.24, 2.45) is 23.7 Å². The minimum atomic E-state index is -0.418. The molecule has 4 radical (unpaired) electrons. The molecule has 0 aromatic rings. The minimum Gasteiger partial charge on any atom is -0.0938 e. The van der Waals surface area contributed by atoms with Gasteiger partial charge in [0.15, 0.2) is 0 Å². The van der Waals surface area contributed by atoms with Crippen LogP contribution in [0.4, 0.5) is 0 Å². The van der Waals surface area contributed by atoms with Crippen molar-refractivity contribution in [3.63, 3.8) is 0 Å². The van der Waals surface area contributed by atoms with E-state index in [2.05, 4.69) is 13.8 Å². The molecule has 15 heavy (non-hydrogen) atoms. The summed E-state index contributed by atoms with van der Waals surface area (Å²) < 4.78 is 0. The zero-order valence-corrected chi connectivity index (χ0v) is 10.2. The Hall–Kier alpha value is 0.130. The summed E-state index contributed by atoms with van der Waals surface area (Å²) >= 11 is 0. The van der Waals surface area contributed by atoms with Crippen molar-refractivity contribution in [2.45, 2.75) is 57.6 Å². The molecule has 2 heteroatoms. The average molecular weight is 200 g/mol. The van der Waals surface area contributed by atoms with Crippen LogP contribution >= 0.6 is 0 Å². The van der Waals surface area contributed by atoms with Gasteiger partial charge in [-0.05, 0) is 24.7 Å². The van der Waals surface area contributed by atoms with Crippen molar-refractivity contribution in [3.8, 4) is 0 Å². The van der Waals surface area contributed by atoms with E-state index in [1.54, 1.807) is 0 Å². The molecule has 0 heterocycles. The van der Waals surface area contributed by atoms with Crippen LogP contribution in [0.25, 0.3) is 0 Å². The molecule has 2 saturated carbocycles. The predicted octanol–water partition coefficient (Wildman–Crippen LogP) is 3.31. The normalized spacial score (nSPS) is 37.9. The van der Waals surface area contributed by atoms with Crippen LogP contribution in [-0.2, 0) is 0 Å². The summed E-state index contributed by atoms with van der Waals surface area (Å²) in [4.78, 5) is 0. The van der Waals surface area contributed by atoms with Gasteiger partial charge in [0.25, 0.3) is 0 Å². The second-order valence-corrected chi connectivity index (χ2v) is 5.93. The number of hydrogen-bond donors (Lipinski definition) is 0. The quantitative estimate of drug-likeness (QED) is 0.613. The van der Waals surface area contributed by atoms with E-state index in [4.69, 9.17) is 15.7 Å². The van der Waals surface area contributed by atoms with Gasteiger partial charge in [-0.2, -0.15) is 0 Å². The van der Waals surface area contributed by atoms with E-state index in [0.29, 0.717) is 11.8 Å². The fourth-order valence-corrected chi connectivity index (χ4v) is 3.73. The molecule has 0 nitrogen and oxygen atoms in total. The summed E-state index contributed by atoms with van der Waals surface area (Å²) in [5.41, 5.74) is 0. The number of rotatable bonds is 3. The third-order valence-electron chi connectivity index (χ3n) is 5.16. The minimum absolute atomic E-state index is 0.418. The lowest BCUT2D eigenvalue weighted by atomic mass is 9.42. The van der Waals surface area contributed by atoms with Crippen molar-refractivity contribution in [1.82, 2.24) is 0 Å². The highest BCUT2D eigenvalue weighted by Gasteiger charge is 2.43. The molecule has 0 aliphatic heterocycles. The molecule has 0 amide bonds. The van der Waals surface area contributed by atoms with Gasteiger partial charge in [0.05, 0.1) is 15.7 Å². The van der Waals surface area contributed by atoms with Gasteiger partial charge in [0.2, 0.25) is 0 Å². The lowest BCUT2D eigenvalue weighted by Crippen LogP contribution is -2.30. The molecular weight excluding hydrogens is 178 g/mol. The predicted molar refractivity (Wildman–Crippen MR) is 67.2 cm³/mol. The molecule has 80 valence electrons. The molecule has 0 aromatic heterocycles. The zero-order valence-electron chi connectivity index (χ0n) is 10.2. The molecule has 2 aliphatic rings. The molecule has 3 atom stereocenters. The second kappa shape index (κ2) is 4.18. The fraction of sp³-hybridized carbons (Fsp3) is 1.00. The Bertz CT molecular complexity index is 213. The van der Waals surface area contributed by atoms with Gasteiger partial charge < -0.3 is 0 Å². The van der Waals surface area contributed by atoms with E-state index in [9.17, 15) is 0 Å². The largest absolute Gasteiger partial charge is 0.0938 e. The van der Waals surface area contributed by atoms with E-state index < -0.39 is 5.21 Å². The lowest BCUT2D eigenvalue weighted by Gasteiger charge is -2.39. The van der Waals surface area contributed by atoms with Gasteiger partial charge in [-0.1, -0.05) is 56.6 Å². The van der Waals surface area contributed by atoms with Crippen molar-refractivity contribution >= 4 is 15.7 Å². The van der Waals surface area contributed by atoms with Gasteiger partial charge in [-0.25, -0.2) is 0 Å². The van der Waals surface area contributed by atoms with Crippen molar-refractivity contribution in [3.05, 3.63) is 0 Å². The first kappa shape index (κ1) is 11.6. The highest BCUT2D eigenvalue weighted by Crippen LogP contribution is 2.55. The van der Waals surface area contributed by atoms with Crippen LogP contribution in [-0.4, -0.2) is 15.7 Å². The van der Waals surface area contributed by atoms with Gasteiger partial charge in [-0.15, -0.1) is 0 Å². The molecule has 0 N–H and O–H groups in total. The first-order valence-electron chi connectivity index (χ1n) is 6.63. The smallest absolute Gasteiger partial charge is 0.0627 e. The number of hydrogen-bond acceptors (Lipinski definition) is 0. The standard InChI is InChI=1S/C13H22B2/c1-3-9(2)13(14,15)12-7-10-5-4-6-11(10)8-12/h9-12H,3-8H2,1-2H3. The zero-order chi connectivity index (χ0) is 11.1. The Kier molecular flexibility index (Phi) is 3.24. The number of fused-ring (bicyclic) bond motifs is 1. The van der Waals surface area contributed by atoms with Gasteiger partial charge in [-0.3, -0.25) is 0 Å². The molecule has 0 saturated heterocycles. The first-order valence-corrected chi connectivity index (χ1v) is 6.63. The molecule has 2 rings (SSSR count). The average Bonchev–Trinajstić information content (AvgIpc) is 2.75. The lowest BCUT2D eigenvalue weighted by molar-refractivity contribution is 0.331. The monoisotopic (exact) mass is 200 g/mol. The molecule has 0 aromatic carbocycles. The van der Waals surface area contributed by atoms with E-state index in [-0.39, 0.29) is 0 Å². The van der Waals surface area contributed by atoms with Gasteiger partial charge >= 0.3 is 0 Å². The van der Waals surface area contributed by atoms with E-state index in [1.165, 1.54) is 32.1 Å². The van der Waals surface area contributed by atoms with Crippen LogP contribution in [0, 0.1) is 23.7 Å². The molecule has 2 fully saturated rings. The van der Waals surface area contributed by atoms with Crippen LogP contribution in [0.15, 0.2) is 0 Å². The van der Waals surface area contributed by atoms with Crippen LogP contribution in [0.2, 0.25) is 5.21 Å². The summed E-state index contributed by atoms with van der Waals surface area (Å²) in [5, 5.41) is -0.418. The van der Waals surface area contributed by atoms with Crippen LogP contribution in [0.1, 0.15) is 52.4 Å². The molecule has 2 aliphatic carbocycles. The SMILES string of the molecule is [B]C([B])(C(C)CC)C1CC2CCCC2C1. The van der Waals surface area contributed by atoms with Crippen LogP contribution < -0.4 is 0 Å². The molecule has 0 spiro atoms. The molecule has 0 bridgehead atoms. The Labute approximate surface area is 97.4 Å². The Morgan fingerprint density at radius 3 is 2.20 bits per heavy atom. The fourth-order valence-electron chi connectivity index (χ4n) is 3.73. The Morgan fingerprint density at radius 2 is 1.73 bits per heavy atom. The Balaban J connectivity index is 2.00. The molecular formula is C13H22B2. The summed E-state index contributed by atoms with van der Waals surface area (Å²) in [6.45, 7) is 4.39. The summed E-state index contributed by atoms with van der Waals surface area (Å²) in [6, 6.07) is 0. The van der Waals surface area contributed by atoms with Crippen molar-refractivity contribution < 1.29 is 0 Å². The molecule has 3 unspecified atom stereocenters. The summed E-state index contributed by atoms with van der Waals surface area (Å²) in [6.07, 6.45) is 7.98. The maximum absolute atomic E-state index is 6.36. The summed E-state index contributed by atoms with van der Waals surface area (Å²) in [5.74, 6) is 2.92.